The number of thioether (sulfide) groups is 2. The first kappa shape index (κ1) is 15.3. The fraction of sp³-hybridized carbons (Fsp3) is 0.235. The van der Waals surface area contributed by atoms with Gasteiger partial charge in [-0.3, -0.25) is 4.79 Å². The summed E-state index contributed by atoms with van der Waals surface area (Å²) in [5.41, 5.74) is 2.09. The SMILES string of the molecule is O=C(COc1ccc(C2SCCS2)cc1)Nc1ccccc1. The molecule has 1 amide bonds. The van der Waals surface area contributed by atoms with E-state index in [9.17, 15) is 4.79 Å². The summed E-state index contributed by atoms with van der Waals surface area (Å²) in [6.45, 7) is 0.0150. The highest BCUT2D eigenvalue weighted by Crippen LogP contribution is 2.45. The molecule has 0 spiro atoms. The zero-order valence-corrected chi connectivity index (χ0v) is 13.7. The van der Waals surface area contributed by atoms with Crippen molar-refractivity contribution in [3.63, 3.8) is 0 Å². The molecule has 0 atom stereocenters. The molecule has 2 aromatic carbocycles. The third kappa shape index (κ3) is 4.21. The summed E-state index contributed by atoms with van der Waals surface area (Å²) < 4.78 is 6.07. The first-order chi connectivity index (χ1) is 10.8. The highest BCUT2D eigenvalue weighted by molar-refractivity contribution is 8.19. The Kier molecular flexibility index (Phi) is 5.29. The number of hydrogen-bond donors (Lipinski definition) is 1. The second-order valence-electron chi connectivity index (χ2n) is 4.85. The fourth-order valence-corrected chi connectivity index (χ4v) is 5.00. The Morgan fingerprint density at radius 1 is 1.05 bits per heavy atom. The molecule has 1 fully saturated rings. The maximum Gasteiger partial charge on any atom is 0.262 e. The summed E-state index contributed by atoms with van der Waals surface area (Å²) in [5, 5.41) is 2.80. The topological polar surface area (TPSA) is 38.3 Å². The molecule has 0 bridgehead atoms. The highest BCUT2D eigenvalue weighted by atomic mass is 32.2. The summed E-state index contributed by atoms with van der Waals surface area (Å²) in [4.78, 5) is 11.8. The predicted molar refractivity (Wildman–Crippen MR) is 94.7 cm³/mol. The van der Waals surface area contributed by atoms with Crippen molar-refractivity contribution in [1.82, 2.24) is 0 Å². The van der Waals surface area contributed by atoms with E-state index < -0.39 is 0 Å². The van der Waals surface area contributed by atoms with Crippen LogP contribution >= 0.6 is 23.5 Å². The Bertz CT molecular complexity index is 610. The van der Waals surface area contributed by atoms with Crippen LogP contribution in [0.25, 0.3) is 0 Å². The van der Waals surface area contributed by atoms with Crippen molar-refractivity contribution >= 4 is 35.1 Å². The van der Waals surface area contributed by atoms with Crippen LogP contribution in [0.1, 0.15) is 10.1 Å². The number of nitrogens with one attached hydrogen (secondary N) is 1. The molecule has 0 unspecified atom stereocenters. The Morgan fingerprint density at radius 3 is 2.41 bits per heavy atom. The van der Waals surface area contributed by atoms with Crippen molar-refractivity contribution in [1.29, 1.82) is 0 Å². The molecule has 1 N–H and O–H groups in total. The number of ether oxygens (including phenoxy) is 1. The summed E-state index contributed by atoms with van der Waals surface area (Å²) in [6.07, 6.45) is 0. The number of para-hydroxylation sites is 1. The monoisotopic (exact) mass is 331 g/mol. The molecule has 0 radical (unpaired) electrons. The van der Waals surface area contributed by atoms with Crippen molar-refractivity contribution in [2.45, 2.75) is 4.58 Å². The summed E-state index contributed by atoms with van der Waals surface area (Å²) >= 11 is 3.96. The maximum absolute atomic E-state index is 11.8. The van der Waals surface area contributed by atoms with Gasteiger partial charge in [-0.1, -0.05) is 30.3 Å². The van der Waals surface area contributed by atoms with E-state index in [1.54, 1.807) is 0 Å². The standard InChI is InChI=1S/C17H17NO2S2/c19-16(18-14-4-2-1-3-5-14)12-20-15-8-6-13(7-9-15)17-21-10-11-22-17/h1-9,17H,10-12H2,(H,18,19). The molecule has 1 saturated heterocycles. The van der Waals surface area contributed by atoms with Crippen LogP contribution < -0.4 is 10.1 Å². The van der Waals surface area contributed by atoms with Crippen molar-refractivity contribution in [3.05, 3.63) is 60.2 Å². The van der Waals surface area contributed by atoms with Gasteiger partial charge >= 0.3 is 0 Å². The summed E-state index contributed by atoms with van der Waals surface area (Å²) in [6, 6.07) is 17.4. The summed E-state index contributed by atoms with van der Waals surface area (Å²) in [7, 11) is 0. The van der Waals surface area contributed by atoms with Crippen LogP contribution in [0.3, 0.4) is 0 Å². The van der Waals surface area contributed by atoms with Gasteiger partial charge in [-0.05, 0) is 29.8 Å². The second-order valence-corrected chi connectivity index (χ2v) is 7.57. The van der Waals surface area contributed by atoms with Crippen LogP contribution in [0.5, 0.6) is 5.75 Å². The Labute approximate surface area is 138 Å². The smallest absolute Gasteiger partial charge is 0.262 e. The van der Waals surface area contributed by atoms with Crippen molar-refractivity contribution in [3.8, 4) is 5.75 Å². The third-order valence-corrected chi connectivity index (χ3v) is 6.31. The van der Waals surface area contributed by atoms with Gasteiger partial charge in [0, 0.05) is 17.2 Å². The third-order valence-electron chi connectivity index (χ3n) is 3.20. The van der Waals surface area contributed by atoms with Gasteiger partial charge in [-0.15, -0.1) is 23.5 Å². The Hall–Kier alpha value is -1.59. The molecule has 1 aliphatic rings. The van der Waals surface area contributed by atoms with E-state index in [2.05, 4.69) is 17.4 Å². The lowest BCUT2D eigenvalue weighted by Gasteiger charge is -2.10. The Balaban J connectivity index is 1.49. The molecule has 0 aromatic heterocycles. The van der Waals surface area contributed by atoms with Crippen LogP contribution in [0.15, 0.2) is 54.6 Å². The number of benzene rings is 2. The lowest BCUT2D eigenvalue weighted by atomic mass is 10.2. The molecule has 1 aliphatic heterocycles. The molecule has 5 heteroatoms. The molecule has 114 valence electrons. The zero-order chi connectivity index (χ0) is 15.2. The number of hydrogen-bond acceptors (Lipinski definition) is 4. The molecular weight excluding hydrogens is 314 g/mol. The molecular formula is C17H17NO2S2. The number of carbonyl (C=O) groups is 1. The molecule has 3 nitrogen and oxygen atoms in total. The first-order valence-electron chi connectivity index (χ1n) is 7.12. The van der Waals surface area contributed by atoms with Gasteiger partial charge in [-0.2, -0.15) is 0 Å². The van der Waals surface area contributed by atoms with Gasteiger partial charge in [0.15, 0.2) is 6.61 Å². The lowest BCUT2D eigenvalue weighted by Crippen LogP contribution is -2.20. The second kappa shape index (κ2) is 7.61. The maximum atomic E-state index is 11.8. The molecule has 0 saturated carbocycles. The van der Waals surface area contributed by atoms with Crippen LogP contribution in [0.4, 0.5) is 5.69 Å². The van der Waals surface area contributed by atoms with Crippen molar-refractivity contribution in [2.24, 2.45) is 0 Å². The largest absolute Gasteiger partial charge is 0.484 e. The van der Waals surface area contributed by atoms with Gasteiger partial charge in [0.05, 0.1) is 4.58 Å². The quantitative estimate of drug-likeness (QED) is 0.892. The number of anilines is 1. The van der Waals surface area contributed by atoms with Gasteiger partial charge in [0.2, 0.25) is 0 Å². The van der Waals surface area contributed by atoms with Gasteiger partial charge < -0.3 is 10.1 Å². The van der Waals surface area contributed by atoms with Gasteiger partial charge in [-0.25, -0.2) is 0 Å². The minimum atomic E-state index is -0.155. The Morgan fingerprint density at radius 2 is 1.73 bits per heavy atom. The van der Waals surface area contributed by atoms with Crippen molar-refractivity contribution < 1.29 is 9.53 Å². The summed E-state index contributed by atoms with van der Waals surface area (Å²) in [5.74, 6) is 3.00. The molecule has 0 aliphatic carbocycles. The number of rotatable bonds is 5. The van der Waals surface area contributed by atoms with E-state index in [1.165, 1.54) is 17.1 Å². The van der Waals surface area contributed by atoms with E-state index in [4.69, 9.17) is 4.74 Å². The van der Waals surface area contributed by atoms with Crippen molar-refractivity contribution in [2.75, 3.05) is 23.4 Å². The zero-order valence-electron chi connectivity index (χ0n) is 12.0. The lowest BCUT2D eigenvalue weighted by molar-refractivity contribution is -0.118. The van der Waals surface area contributed by atoms with E-state index in [-0.39, 0.29) is 12.5 Å². The average molecular weight is 331 g/mol. The fourth-order valence-electron chi connectivity index (χ4n) is 2.14. The number of carbonyl (C=O) groups excluding carboxylic acids is 1. The molecule has 3 rings (SSSR count). The van der Waals surface area contributed by atoms with Crippen LogP contribution in [0, 0.1) is 0 Å². The number of amides is 1. The molecule has 22 heavy (non-hydrogen) atoms. The minimum Gasteiger partial charge on any atom is -0.484 e. The van der Waals surface area contributed by atoms with Crippen LogP contribution in [0.2, 0.25) is 0 Å². The average Bonchev–Trinajstić information content (AvgIpc) is 3.09. The van der Waals surface area contributed by atoms with Crippen LogP contribution in [-0.4, -0.2) is 24.0 Å². The minimum absolute atomic E-state index is 0.0150. The molecule has 2 aromatic rings. The normalized spacial score (nSPS) is 14.7. The van der Waals surface area contributed by atoms with E-state index in [0.717, 1.165) is 11.4 Å². The highest BCUT2D eigenvalue weighted by Gasteiger charge is 2.17. The first-order valence-corrected chi connectivity index (χ1v) is 9.22. The van der Waals surface area contributed by atoms with E-state index >= 15 is 0 Å². The van der Waals surface area contributed by atoms with Crippen LogP contribution in [-0.2, 0) is 4.79 Å². The van der Waals surface area contributed by atoms with Gasteiger partial charge in [0.25, 0.3) is 5.91 Å². The van der Waals surface area contributed by atoms with Gasteiger partial charge in [0.1, 0.15) is 5.75 Å². The molecule has 1 heterocycles. The predicted octanol–water partition coefficient (Wildman–Crippen LogP) is 4.18. The van der Waals surface area contributed by atoms with E-state index in [0.29, 0.717) is 4.58 Å². The van der Waals surface area contributed by atoms with E-state index in [1.807, 2.05) is 66.0 Å².